The number of hydrogen-bond donors (Lipinski definition) is 2. The molecule has 1 rings (SSSR count). The Bertz CT molecular complexity index is 429. The minimum absolute atomic E-state index is 0.0267. The standard InChI is InChI=1S/C12H16ClFN2O2/c1-8(7-17)16(2)12(18)15-6-9-3-4-11(14)10(13)5-9/h3-5,8,17H,6-7H2,1-2H3,(H,15,18). The van der Waals surface area contributed by atoms with Crippen LogP contribution < -0.4 is 5.32 Å². The lowest BCUT2D eigenvalue weighted by Crippen LogP contribution is -2.43. The molecule has 100 valence electrons. The molecule has 2 N–H and O–H groups in total. The van der Waals surface area contributed by atoms with Gasteiger partial charge in [-0.1, -0.05) is 17.7 Å². The number of hydrogen-bond acceptors (Lipinski definition) is 2. The van der Waals surface area contributed by atoms with E-state index >= 15 is 0 Å². The van der Waals surface area contributed by atoms with E-state index in [2.05, 4.69) is 5.32 Å². The van der Waals surface area contributed by atoms with Crippen molar-refractivity contribution in [1.82, 2.24) is 10.2 Å². The Labute approximate surface area is 110 Å². The molecule has 2 amide bonds. The number of carbonyl (C=O) groups excluding carboxylic acids is 1. The van der Waals surface area contributed by atoms with Gasteiger partial charge in [0, 0.05) is 13.6 Å². The second-order valence-electron chi connectivity index (χ2n) is 4.05. The van der Waals surface area contributed by atoms with Crippen molar-refractivity contribution in [3.05, 3.63) is 34.6 Å². The van der Waals surface area contributed by atoms with Crippen LogP contribution in [0.5, 0.6) is 0 Å². The fourth-order valence-electron chi connectivity index (χ4n) is 1.27. The fourth-order valence-corrected chi connectivity index (χ4v) is 1.48. The van der Waals surface area contributed by atoms with Gasteiger partial charge in [0.1, 0.15) is 5.82 Å². The van der Waals surface area contributed by atoms with Gasteiger partial charge >= 0.3 is 6.03 Å². The van der Waals surface area contributed by atoms with Crippen LogP contribution in [-0.2, 0) is 6.54 Å². The Morgan fingerprint density at radius 1 is 1.61 bits per heavy atom. The molecular formula is C12H16ClFN2O2. The molecule has 1 unspecified atom stereocenters. The summed E-state index contributed by atoms with van der Waals surface area (Å²) in [6.45, 7) is 1.88. The second kappa shape index (κ2) is 6.56. The lowest BCUT2D eigenvalue weighted by Gasteiger charge is -2.23. The average molecular weight is 275 g/mol. The maximum absolute atomic E-state index is 12.9. The summed E-state index contributed by atoms with van der Waals surface area (Å²) < 4.78 is 12.9. The van der Waals surface area contributed by atoms with E-state index in [1.807, 2.05) is 0 Å². The first kappa shape index (κ1) is 14.7. The largest absolute Gasteiger partial charge is 0.394 e. The van der Waals surface area contributed by atoms with E-state index in [1.54, 1.807) is 20.0 Å². The number of aliphatic hydroxyl groups is 1. The topological polar surface area (TPSA) is 52.6 Å². The third kappa shape index (κ3) is 3.85. The van der Waals surface area contributed by atoms with Crippen molar-refractivity contribution in [3.8, 4) is 0 Å². The number of nitrogens with one attached hydrogen (secondary N) is 1. The molecule has 1 aromatic rings. The quantitative estimate of drug-likeness (QED) is 0.882. The summed E-state index contributed by atoms with van der Waals surface area (Å²) in [5.74, 6) is -0.488. The molecule has 0 saturated carbocycles. The van der Waals surface area contributed by atoms with Gasteiger partial charge in [-0.2, -0.15) is 0 Å². The zero-order chi connectivity index (χ0) is 13.7. The third-order valence-electron chi connectivity index (χ3n) is 2.67. The molecule has 1 atom stereocenters. The number of nitrogens with zero attached hydrogens (tertiary/aromatic N) is 1. The van der Waals surface area contributed by atoms with Crippen molar-refractivity contribution in [2.45, 2.75) is 19.5 Å². The highest BCUT2D eigenvalue weighted by molar-refractivity contribution is 6.30. The summed E-state index contributed by atoms with van der Waals surface area (Å²) in [5, 5.41) is 11.6. The Kier molecular flexibility index (Phi) is 5.37. The predicted molar refractivity (Wildman–Crippen MR) is 68.0 cm³/mol. The van der Waals surface area contributed by atoms with Crippen LogP contribution in [0.25, 0.3) is 0 Å². The van der Waals surface area contributed by atoms with Gasteiger partial charge in [0.05, 0.1) is 17.7 Å². The van der Waals surface area contributed by atoms with E-state index in [-0.39, 0.29) is 30.2 Å². The molecule has 0 aliphatic heterocycles. The summed E-state index contributed by atoms with van der Waals surface area (Å²) in [6, 6.07) is 3.70. The second-order valence-corrected chi connectivity index (χ2v) is 4.46. The SMILES string of the molecule is CC(CO)N(C)C(=O)NCc1ccc(F)c(Cl)c1. The van der Waals surface area contributed by atoms with Gasteiger partial charge in [0.15, 0.2) is 0 Å². The van der Waals surface area contributed by atoms with Crippen molar-refractivity contribution in [2.24, 2.45) is 0 Å². The van der Waals surface area contributed by atoms with E-state index in [0.29, 0.717) is 5.56 Å². The van der Waals surface area contributed by atoms with Gasteiger partial charge in [-0.05, 0) is 24.6 Å². The monoisotopic (exact) mass is 274 g/mol. The molecule has 0 bridgehead atoms. The van der Waals surface area contributed by atoms with E-state index in [9.17, 15) is 9.18 Å². The maximum atomic E-state index is 12.9. The Morgan fingerprint density at radius 3 is 2.83 bits per heavy atom. The van der Waals surface area contributed by atoms with Crippen LogP contribution in [0, 0.1) is 5.82 Å². The molecule has 6 heteroatoms. The smallest absolute Gasteiger partial charge is 0.317 e. The van der Waals surface area contributed by atoms with Crippen molar-refractivity contribution in [2.75, 3.05) is 13.7 Å². The van der Waals surface area contributed by atoms with Crippen LogP contribution in [0.3, 0.4) is 0 Å². The normalized spacial score (nSPS) is 12.1. The Balaban J connectivity index is 2.54. The van der Waals surface area contributed by atoms with Crippen molar-refractivity contribution < 1.29 is 14.3 Å². The molecule has 0 radical (unpaired) electrons. The van der Waals surface area contributed by atoms with Crippen LogP contribution in [0.4, 0.5) is 9.18 Å². The zero-order valence-corrected chi connectivity index (χ0v) is 11.0. The first-order valence-corrected chi connectivity index (χ1v) is 5.89. The van der Waals surface area contributed by atoms with E-state index < -0.39 is 5.82 Å². The lowest BCUT2D eigenvalue weighted by molar-refractivity contribution is 0.157. The van der Waals surface area contributed by atoms with Crippen LogP contribution in [0.2, 0.25) is 5.02 Å². The zero-order valence-electron chi connectivity index (χ0n) is 10.3. The molecule has 4 nitrogen and oxygen atoms in total. The van der Waals surface area contributed by atoms with Crippen molar-refractivity contribution in [3.63, 3.8) is 0 Å². The highest BCUT2D eigenvalue weighted by Gasteiger charge is 2.14. The number of benzene rings is 1. The van der Waals surface area contributed by atoms with E-state index in [0.717, 1.165) is 0 Å². The van der Waals surface area contributed by atoms with Gasteiger partial charge in [0.2, 0.25) is 0 Å². The highest BCUT2D eigenvalue weighted by Crippen LogP contribution is 2.15. The van der Waals surface area contributed by atoms with Gasteiger partial charge in [-0.15, -0.1) is 0 Å². The third-order valence-corrected chi connectivity index (χ3v) is 2.96. The van der Waals surface area contributed by atoms with E-state index in [4.69, 9.17) is 16.7 Å². The molecule has 0 spiro atoms. The molecule has 0 heterocycles. The maximum Gasteiger partial charge on any atom is 0.317 e. The molecule has 18 heavy (non-hydrogen) atoms. The van der Waals surface area contributed by atoms with Gasteiger partial charge in [-0.3, -0.25) is 0 Å². The molecule has 0 aromatic heterocycles. The predicted octanol–water partition coefficient (Wildman–Crippen LogP) is 2.00. The molecule has 1 aromatic carbocycles. The lowest BCUT2D eigenvalue weighted by atomic mass is 10.2. The van der Waals surface area contributed by atoms with Gasteiger partial charge in [0.25, 0.3) is 0 Å². The average Bonchev–Trinajstić information content (AvgIpc) is 2.37. The van der Waals surface area contributed by atoms with E-state index in [1.165, 1.54) is 17.0 Å². The van der Waals surface area contributed by atoms with Crippen molar-refractivity contribution in [1.29, 1.82) is 0 Å². The number of halogens is 2. The number of aliphatic hydroxyl groups excluding tert-OH is 1. The molecule has 0 fully saturated rings. The summed E-state index contributed by atoms with van der Waals surface area (Å²) in [5.41, 5.74) is 0.708. The summed E-state index contributed by atoms with van der Waals surface area (Å²) in [6.07, 6.45) is 0. The van der Waals surface area contributed by atoms with Crippen LogP contribution >= 0.6 is 11.6 Å². The Hall–Kier alpha value is -1.33. The minimum atomic E-state index is -0.488. The van der Waals surface area contributed by atoms with Crippen LogP contribution in [-0.4, -0.2) is 35.7 Å². The first-order chi connectivity index (χ1) is 8.45. The van der Waals surface area contributed by atoms with Crippen molar-refractivity contribution >= 4 is 17.6 Å². The summed E-state index contributed by atoms with van der Waals surface area (Å²) in [4.78, 5) is 13.1. The number of carbonyl (C=O) groups is 1. The number of amides is 2. The fraction of sp³-hybridized carbons (Fsp3) is 0.417. The first-order valence-electron chi connectivity index (χ1n) is 5.51. The minimum Gasteiger partial charge on any atom is -0.394 e. The summed E-state index contributed by atoms with van der Waals surface area (Å²) in [7, 11) is 1.59. The number of likely N-dealkylation sites (N-methyl/N-ethyl adjacent to an activating group) is 1. The number of urea groups is 1. The van der Waals surface area contributed by atoms with Gasteiger partial charge < -0.3 is 15.3 Å². The molecule has 0 aliphatic rings. The van der Waals surface area contributed by atoms with Gasteiger partial charge in [-0.25, -0.2) is 9.18 Å². The number of rotatable bonds is 4. The summed E-state index contributed by atoms with van der Waals surface area (Å²) >= 11 is 5.63. The molecule has 0 saturated heterocycles. The molecular weight excluding hydrogens is 259 g/mol. The highest BCUT2D eigenvalue weighted by atomic mass is 35.5. The molecule has 0 aliphatic carbocycles. The Morgan fingerprint density at radius 2 is 2.28 bits per heavy atom. The van der Waals surface area contributed by atoms with Crippen LogP contribution in [0.1, 0.15) is 12.5 Å². The van der Waals surface area contributed by atoms with Crippen LogP contribution in [0.15, 0.2) is 18.2 Å².